The minimum absolute atomic E-state index is 0.850. The number of hydrogen-bond donors (Lipinski definition) is 1. The third-order valence-electron chi connectivity index (χ3n) is 2.91. The monoisotopic (exact) mass is 166 g/mol. The maximum atomic E-state index is 5.18. The number of H-pyrrole nitrogens is 1. The molecule has 2 aliphatic rings. The van der Waals surface area contributed by atoms with Crippen LogP contribution in [0.15, 0.2) is 0 Å². The lowest BCUT2D eigenvalue weighted by Crippen LogP contribution is -1.96. The van der Waals surface area contributed by atoms with Crippen LogP contribution in [0.1, 0.15) is 23.7 Å². The summed E-state index contributed by atoms with van der Waals surface area (Å²) >= 11 is 5.18. The second kappa shape index (κ2) is 1.61. The van der Waals surface area contributed by atoms with Gasteiger partial charge in [0.1, 0.15) is 0 Å². The lowest BCUT2D eigenvalue weighted by Gasteiger charge is -1.98. The average molecular weight is 166 g/mol. The zero-order valence-electron chi connectivity index (χ0n) is 6.42. The average Bonchev–Trinajstić information content (AvgIpc) is 2.51. The molecule has 2 unspecified atom stereocenters. The first-order valence-corrected chi connectivity index (χ1v) is 4.47. The number of imidazole rings is 1. The molecule has 58 valence electrons. The number of fused-ring (bicyclic) bond motifs is 3. The molecule has 3 heteroatoms. The Morgan fingerprint density at radius 2 is 2.45 bits per heavy atom. The van der Waals surface area contributed by atoms with Gasteiger partial charge in [-0.15, -0.1) is 0 Å². The van der Waals surface area contributed by atoms with Crippen molar-refractivity contribution in [2.45, 2.75) is 25.8 Å². The molecular formula is C8H10N2S. The molecule has 2 atom stereocenters. The predicted octanol–water partition coefficient (Wildman–Crippen LogP) is 1.97. The van der Waals surface area contributed by atoms with Gasteiger partial charge in [-0.25, -0.2) is 0 Å². The standard InChI is InChI=1S/C8H10N2S/c1-4-7-6-2-5(6)3-10(7)8(11)9-4/h5-6H,2-3H2,1H3,(H,9,11). The van der Waals surface area contributed by atoms with E-state index in [-0.39, 0.29) is 0 Å². The third-order valence-corrected chi connectivity index (χ3v) is 3.23. The second-order valence-corrected chi connectivity index (χ2v) is 4.04. The van der Waals surface area contributed by atoms with Gasteiger partial charge in [-0.3, -0.25) is 0 Å². The zero-order chi connectivity index (χ0) is 7.59. The van der Waals surface area contributed by atoms with E-state index < -0.39 is 0 Å². The SMILES string of the molecule is Cc1[nH]c(=S)n2c1C1CC1C2. The molecular weight excluding hydrogens is 156 g/mol. The maximum Gasteiger partial charge on any atom is 0.177 e. The van der Waals surface area contributed by atoms with Gasteiger partial charge in [0.2, 0.25) is 0 Å². The Hall–Kier alpha value is -0.570. The van der Waals surface area contributed by atoms with E-state index in [2.05, 4.69) is 16.5 Å². The lowest BCUT2D eigenvalue weighted by atomic mass is 10.2. The van der Waals surface area contributed by atoms with Crippen molar-refractivity contribution in [3.05, 3.63) is 16.2 Å². The summed E-state index contributed by atoms with van der Waals surface area (Å²) in [5, 5.41) is 0. The molecule has 0 radical (unpaired) electrons. The van der Waals surface area contributed by atoms with Crippen molar-refractivity contribution in [1.29, 1.82) is 0 Å². The molecule has 1 saturated carbocycles. The Bertz CT molecular complexity index is 374. The summed E-state index contributed by atoms with van der Waals surface area (Å²) in [5.41, 5.74) is 2.78. The minimum Gasteiger partial charge on any atom is -0.335 e. The second-order valence-electron chi connectivity index (χ2n) is 3.65. The van der Waals surface area contributed by atoms with Gasteiger partial charge >= 0.3 is 0 Å². The molecule has 1 aliphatic carbocycles. The van der Waals surface area contributed by atoms with Crippen LogP contribution in [0.25, 0.3) is 0 Å². The van der Waals surface area contributed by atoms with Gasteiger partial charge in [0.25, 0.3) is 0 Å². The number of nitrogens with zero attached hydrogens (tertiary/aromatic N) is 1. The number of aromatic amines is 1. The van der Waals surface area contributed by atoms with Crippen molar-refractivity contribution >= 4 is 12.2 Å². The molecule has 3 rings (SSSR count). The molecule has 11 heavy (non-hydrogen) atoms. The lowest BCUT2D eigenvalue weighted by molar-refractivity contribution is 0.659. The summed E-state index contributed by atoms with van der Waals surface area (Å²) in [6.07, 6.45) is 1.40. The zero-order valence-corrected chi connectivity index (χ0v) is 7.24. The van der Waals surface area contributed by atoms with Gasteiger partial charge in [-0.2, -0.15) is 0 Å². The molecule has 1 fully saturated rings. The van der Waals surface area contributed by atoms with Crippen LogP contribution in [0, 0.1) is 17.6 Å². The summed E-state index contributed by atoms with van der Waals surface area (Å²) in [5.74, 6) is 1.78. The van der Waals surface area contributed by atoms with E-state index in [9.17, 15) is 0 Å². The van der Waals surface area contributed by atoms with Gasteiger partial charge in [-0.05, 0) is 31.5 Å². The predicted molar refractivity (Wildman–Crippen MR) is 45.2 cm³/mol. The van der Waals surface area contributed by atoms with Crippen LogP contribution in [0.4, 0.5) is 0 Å². The summed E-state index contributed by atoms with van der Waals surface area (Å²) in [6, 6.07) is 0. The van der Waals surface area contributed by atoms with Gasteiger partial charge < -0.3 is 9.55 Å². The van der Waals surface area contributed by atoms with E-state index in [1.807, 2.05) is 0 Å². The fraction of sp³-hybridized carbons (Fsp3) is 0.625. The highest BCUT2D eigenvalue weighted by atomic mass is 32.1. The number of aryl methyl sites for hydroxylation is 1. The Morgan fingerprint density at radius 3 is 3.18 bits per heavy atom. The molecule has 1 aliphatic heterocycles. The van der Waals surface area contributed by atoms with Crippen LogP contribution in [0.3, 0.4) is 0 Å². The van der Waals surface area contributed by atoms with Crippen LogP contribution in [0.2, 0.25) is 0 Å². The number of nitrogens with one attached hydrogen (secondary N) is 1. The molecule has 1 aromatic rings. The molecule has 2 heterocycles. The quantitative estimate of drug-likeness (QED) is 0.584. The van der Waals surface area contributed by atoms with Crippen LogP contribution in [0.5, 0.6) is 0 Å². The summed E-state index contributed by atoms with van der Waals surface area (Å²) in [7, 11) is 0. The third kappa shape index (κ3) is 0.601. The normalized spacial score (nSPS) is 31.7. The first-order chi connectivity index (χ1) is 5.27. The molecule has 0 aromatic carbocycles. The summed E-state index contributed by atoms with van der Waals surface area (Å²) in [6.45, 7) is 3.30. The van der Waals surface area contributed by atoms with Crippen LogP contribution >= 0.6 is 12.2 Å². The van der Waals surface area contributed by atoms with Crippen molar-refractivity contribution in [2.24, 2.45) is 5.92 Å². The van der Waals surface area contributed by atoms with Crippen molar-refractivity contribution in [3.8, 4) is 0 Å². The Morgan fingerprint density at radius 1 is 1.64 bits per heavy atom. The molecule has 1 N–H and O–H groups in total. The van der Waals surface area contributed by atoms with Crippen molar-refractivity contribution in [1.82, 2.24) is 9.55 Å². The van der Waals surface area contributed by atoms with E-state index in [1.165, 1.54) is 24.4 Å². The van der Waals surface area contributed by atoms with Crippen molar-refractivity contribution in [2.75, 3.05) is 0 Å². The number of aromatic nitrogens is 2. The summed E-state index contributed by atoms with van der Waals surface area (Å²) in [4.78, 5) is 3.21. The van der Waals surface area contributed by atoms with E-state index in [0.29, 0.717) is 0 Å². The fourth-order valence-corrected chi connectivity index (χ4v) is 2.61. The number of rotatable bonds is 0. The topological polar surface area (TPSA) is 20.7 Å². The molecule has 0 bridgehead atoms. The van der Waals surface area contributed by atoms with Gasteiger partial charge in [0, 0.05) is 23.9 Å². The number of hydrogen-bond acceptors (Lipinski definition) is 1. The molecule has 2 nitrogen and oxygen atoms in total. The van der Waals surface area contributed by atoms with Crippen molar-refractivity contribution < 1.29 is 0 Å². The van der Waals surface area contributed by atoms with Gasteiger partial charge in [-0.1, -0.05) is 0 Å². The van der Waals surface area contributed by atoms with E-state index in [4.69, 9.17) is 12.2 Å². The maximum absolute atomic E-state index is 5.18. The van der Waals surface area contributed by atoms with E-state index in [1.54, 1.807) is 0 Å². The molecule has 0 spiro atoms. The fourth-order valence-electron chi connectivity index (χ4n) is 2.28. The highest BCUT2D eigenvalue weighted by Crippen LogP contribution is 2.54. The Labute approximate surface area is 70.2 Å². The smallest absolute Gasteiger partial charge is 0.177 e. The molecule has 0 saturated heterocycles. The summed E-state index contributed by atoms with van der Waals surface area (Å²) < 4.78 is 3.19. The van der Waals surface area contributed by atoms with E-state index >= 15 is 0 Å². The highest BCUT2D eigenvalue weighted by molar-refractivity contribution is 7.71. The Balaban J connectivity index is 2.34. The van der Waals surface area contributed by atoms with Crippen LogP contribution in [-0.2, 0) is 6.54 Å². The largest absolute Gasteiger partial charge is 0.335 e. The van der Waals surface area contributed by atoms with Crippen LogP contribution < -0.4 is 0 Å². The first kappa shape index (κ1) is 6.00. The Kier molecular flexibility index (Phi) is 0.876. The molecule has 0 amide bonds. The molecule has 1 aromatic heterocycles. The highest BCUT2D eigenvalue weighted by Gasteiger charge is 2.47. The van der Waals surface area contributed by atoms with Gasteiger partial charge in [0.15, 0.2) is 4.77 Å². The van der Waals surface area contributed by atoms with Crippen LogP contribution in [-0.4, -0.2) is 9.55 Å². The van der Waals surface area contributed by atoms with E-state index in [0.717, 1.165) is 16.6 Å². The van der Waals surface area contributed by atoms with Crippen molar-refractivity contribution in [3.63, 3.8) is 0 Å². The first-order valence-electron chi connectivity index (χ1n) is 4.06. The minimum atomic E-state index is 0.850. The van der Waals surface area contributed by atoms with Gasteiger partial charge in [0.05, 0.1) is 0 Å².